The first-order valence-electron chi connectivity index (χ1n) is 9.48. The van der Waals surface area contributed by atoms with E-state index in [1.54, 1.807) is 9.13 Å². The number of para-hydroxylation sites is 2. The van der Waals surface area contributed by atoms with Crippen molar-refractivity contribution in [2.75, 3.05) is 5.32 Å². The minimum absolute atomic E-state index is 0.0241. The average Bonchev–Trinajstić information content (AvgIpc) is 3.14. The third-order valence-corrected chi connectivity index (χ3v) is 5.08. The van der Waals surface area contributed by atoms with E-state index in [1.165, 1.54) is 0 Å². The van der Waals surface area contributed by atoms with E-state index in [0.29, 0.717) is 18.8 Å². The molecule has 0 aliphatic heterocycles. The highest BCUT2D eigenvalue weighted by Crippen LogP contribution is 2.20. The van der Waals surface area contributed by atoms with Gasteiger partial charge in [0.2, 0.25) is 5.91 Å². The summed E-state index contributed by atoms with van der Waals surface area (Å²) in [4.78, 5) is 29.6. The fourth-order valence-electron chi connectivity index (χ4n) is 3.75. The molecule has 4 aromatic rings. The number of aryl methyl sites for hydroxylation is 3. The summed E-state index contributed by atoms with van der Waals surface area (Å²) in [6.07, 6.45) is 0. The molecule has 2 heterocycles. The number of aromatic nitrogens is 4. The molecule has 144 valence electrons. The molecule has 28 heavy (non-hydrogen) atoms. The Morgan fingerprint density at radius 2 is 1.68 bits per heavy atom. The molecule has 2 aromatic carbocycles. The number of hydrogen-bond acceptors (Lipinski definition) is 3. The molecule has 0 aliphatic carbocycles. The molecule has 0 fully saturated rings. The van der Waals surface area contributed by atoms with Crippen molar-refractivity contribution >= 4 is 33.7 Å². The summed E-state index contributed by atoms with van der Waals surface area (Å²) < 4.78 is 5.37. The van der Waals surface area contributed by atoms with Crippen LogP contribution in [0.15, 0.2) is 47.3 Å². The summed E-state index contributed by atoms with van der Waals surface area (Å²) in [5.41, 5.74) is 4.17. The van der Waals surface area contributed by atoms with Gasteiger partial charge in [0.05, 0.1) is 22.1 Å². The second kappa shape index (κ2) is 6.99. The number of hydrogen-bond donors (Lipinski definition) is 1. The van der Waals surface area contributed by atoms with Crippen LogP contribution in [-0.4, -0.2) is 24.6 Å². The fourth-order valence-corrected chi connectivity index (χ4v) is 3.75. The van der Waals surface area contributed by atoms with Crippen LogP contribution in [0.3, 0.4) is 0 Å². The second-order valence-electron chi connectivity index (χ2n) is 6.76. The van der Waals surface area contributed by atoms with Crippen LogP contribution >= 0.6 is 0 Å². The number of carbonyl (C=O) groups is 1. The van der Waals surface area contributed by atoms with Gasteiger partial charge in [-0.25, -0.2) is 9.78 Å². The standard InChI is InChI=1S/C21H23N5O2/c1-4-24-18-11-10-15(12-19(18)25(5-2)21(24)28)23-20(27)13-26-14(3)22-16-8-6-7-9-17(16)26/h6-12H,4-5,13H2,1-3H3,(H,23,27). The molecule has 0 unspecified atom stereocenters. The third-order valence-electron chi connectivity index (χ3n) is 5.08. The van der Waals surface area contributed by atoms with Gasteiger partial charge >= 0.3 is 5.69 Å². The number of amides is 1. The highest BCUT2D eigenvalue weighted by Gasteiger charge is 2.14. The highest BCUT2D eigenvalue weighted by atomic mass is 16.2. The molecule has 1 amide bonds. The van der Waals surface area contributed by atoms with Gasteiger partial charge in [0.15, 0.2) is 0 Å². The summed E-state index contributed by atoms with van der Waals surface area (Å²) in [7, 11) is 0. The summed E-state index contributed by atoms with van der Waals surface area (Å²) in [6.45, 7) is 7.17. The third kappa shape index (κ3) is 2.89. The first-order chi connectivity index (χ1) is 13.5. The molecule has 7 nitrogen and oxygen atoms in total. The van der Waals surface area contributed by atoms with Gasteiger partial charge < -0.3 is 9.88 Å². The largest absolute Gasteiger partial charge is 0.329 e. The number of imidazole rings is 2. The average molecular weight is 377 g/mol. The van der Waals surface area contributed by atoms with E-state index < -0.39 is 0 Å². The molecular formula is C21H23N5O2. The van der Waals surface area contributed by atoms with Crippen LogP contribution in [0.2, 0.25) is 0 Å². The molecule has 7 heteroatoms. The molecule has 4 rings (SSSR count). The topological polar surface area (TPSA) is 73.8 Å². The lowest BCUT2D eigenvalue weighted by Crippen LogP contribution is -2.23. The van der Waals surface area contributed by atoms with E-state index in [4.69, 9.17) is 0 Å². The van der Waals surface area contributed by atoms with Crippen molar-refractivity contribution < 1.29 is 4.79 Å². The summed E-state index contributed by atoms with van der Waals surface area (Å²) in [6, 6.07) is 13.4. The SMILES string of the molecule is CCn1c(=O)n(CC)c2cc(NC(=O)Cn3c(C)nc4ccccc43)ccc21. The van der Waals surface area contributed by atoms with Crippen molar-refractivity contribution in [3.05, 3.63) is 58.8 Å². The quantitative estimate of drug-likeness (QED) is 0.581. The van der Waals surface area contributed by atoms with Crippen LogP contribution in [0, 0.1) is 6.92 Å². The number of fused-ring (bicyclic) bond motifs is 2. The van der Waals surface area contributed by atoms with Crippen molar-refractivity contribution in [2.24, 2.45) is 0 Å². The van der Waals surface area contributed by atoms with Crippen molar-refractivity contribution in [2.45, 2.75) is 40.4 Å². The van der Waals surface area contributed by atoms with E-state index in [0.717, 1.165) is 27.9 Å². The number of benzene rings is 2. The summed E-state index contributed by atoms with van der Waals surface area (Å²) >= 11 is 0. The molecule has 0 radical (unpaired) electrons. The predicted molar refractivity (Wildman–Crippen MR) is 111 cm³/mol. The Kier molecular flexibility index (Phi) is 4.50. The van der Waals surface area contributed by atoms with Gasteiger partial charge in [-0.05, 0) is 51.1 Å². The number of rotatable bonds is 5. The van der Waals surface area contributed by atoms with Crippen LogP contribution < -0.4 is 11.0 Å². The first kappa shape index (κ1) is 18.0. The monoisotopic (exact) mass is 377 g/mol. The Bertz CT molecular complexity index is 1250. The van der Waals surface area contributed by atoms with Crippen LogP contribution in [0.25, 0.3) is 22.1 Å². The van der Waals surface area contributed by atoms with Gasteiger partial charge in [0.25, 0.3) is 0 Å². The summed E-state index contributed by atoms with van der Waals surface area (Å²) in [5, 5.41) is 2.95. The zero-order valence-electron chi connectivity index (χ0n) is 16.3. The Balaban J connectivity index is 1.63. The van der Waals surface area contributed by atoms with Crippen LogP contribution in [-0.2, 0) is 24.4 Å². The van der Waals surface area contributed by atoms with E-state index in [2.05, 4.69) is 10.3 Å². The highest BCUT2D eigenvalue weighted by molar-refractivity contribution is 5.94. The molecule has 0 bridgehead atoms. The molecular weight excluding hydrogens is 354 g/mol. The normalized spacial score (nSPS) is 11.4. The van der Waals surface area contributed by atoms with Crippen molar-refractivity contribution in [3.8, 4) is 0 Å². The van der Waals surface area contributed by atoms with Gasteiger partial charge in [-0.15, -0.1) is 0 Å². The lowest BCUT2D eigenvalue weighted by molar-refractivity contribution is -0.116. The Morgan fingerprint density at radius 3 is 2.43 bits per heavy atom. The van der Waals surface area contributed by atoms with Crippen molar-refractivity contribution in [3.63, 3.8) is 0 Å². The van der Waals surface area contributed by atoms with E-state index in [-0.39, 0.29) is 18.1 Å². The van der Waals surface area contributed by atoms with Gasteiger partial charge in [0, 0.05) is 18.8 Å². The Labute approximate surface area is 162 Å². The maximum atomic E-state index is 12.7. The Morgan fingerprint density at radius 1 is 0.964 bits per heavy atom. The van der Waals surface area contributed by atoms with Crippen LogP contribution in [0.1, 0.15) is 19.7 Å². The van der Waals surface area contributed by atoms with E-state index in [9.17, 15) is 9.59 Å². The molecule has 0 aliphatic rings. The maximum absolute atomic E-state index is 12.7. The number of nitrogens with zero attached hydrogens (tertiary/aromatic N) is 4. The van der Waals surface area contributed by atoms with E-state index in [1.807, 2.05) is 67.8 Å². The maximum Gasteiger partial charge on any atom is 0.329 e. The van der Waals surface area contributed by atoms with Crippen LogP contribution in [0.5, 0.6) is 0 Å². The van der Waals surface area contributed by atoms with Gasteiger partial charge in [0.1, 0.15) is 12.4 Å². The van der Waals surface area contributed by atoms with Gasteiger partial charge in [-0.1, -0.05) is 12.1 Å². The fraction of sp³-hybridized carbons (Fsp3) is 0.286. The molecule has 0 atom stereocenters. The lowest BCUT2D eigenvalue weighted by Gasteiger charge is -2.09. The Hall–Kier alpha value is -3.35. The van der Waals surface area contributed by atoms with E-state index >= 15 is 0 Å². The molecule has 0 saturated carbocycles. The first-order valence-corrected chi connectivity index (χ1v) is 9.48. The molecule has 2 aromatic heterocycles. The van der Waals surface area contributed by atoms with Gasteiger partial charge in [-0.2, -0.15) is 0 Å². The van der Waals surface area contributed by atoms with Gasteiger partial charge in [-0.3, -0.25) is 13.9 Å². The van der Waals surface area contributed by atoms with Crippen LogP contribution in [0.4, 0.5) is 5.69 Å². The number of carbonyl (C=O) groups excluding carboxylic acids is 1. The molecule has 0 spiro atoms. The lowest BCUT2D eigenvalue weighted by atomic mass is 10.2. The second-order valence-corrected chi connectivity index (χ2v) is 6.76. The molecule has 0 saturated heterocycles. The summed E-state index contributed by atoms with van der Waals surface area (Å²) in [5.74, 6) is 0.664. The number of anilines is 1. The predicted octanol–water partition coefficient (Wildman–Crippen LogP) is 3.14. The zero-order valence-corrected chi connectivity index (χ0v) is 16.3. The minimum Gasteiger partial charge on any atom is -0.324 e. The van der Waals surface area contributed by atoms with Crippen molar-refractivity contribution in [1.29, 1.82) is 0 Å². The molecule has 1 N–H and O–H groups in total. The number of nitrogens with one attached hydrogen (secondary N) is 1. The smallest absolute Gasteiger partial charge is 0.324 e. The van der Waals surface area contributed by atoms with Crippen molar-refractivity contribution in [1.82, 2.24) is 18.7 Å². The zero-order chi connectivity index (χ0) is 19.8. The minimum atomic E-state index is -0.133.